The zero-order valence-electron chi connectivity index (χ0n) is 13.6. The number of ether oxygens (including phenoxy) is 2. The molecule has 0 unspecified atom stereocenters. The summed E-state index contributed by atoms with van der Waals surface area (Å²) in [5.41, 5.74) is -2.70. The van der Waals surface area contributed by atoms with Crippen molar-refractivity contribution in [2.45, 2.75) is 58.2 Å². The van der Waals surface area contributed by atoms with E-state index in [9.17, 15) is 18.8 Å². The first-order valence-electron chi connectivity index (χ1n) is 7.43. The molecule has 126 valence electrons. The number of halogens is 1. The van der Waals surface area contributed by atoms with Crippen molar-refractivity contribution in [2.24, 2.45) is 0 Å². The van der Waals surface area contributed by atoms with Gasteiger partial charge in [-0.25, -0.2) is 9.18 Å². The van der Waals surface area contributed by atoms with Gasteiger partial charge in [-0.05, 0) is 27.7 Å². The smallest absolute Gasteiger partial charge is 0.410 e. The summed E-state index contributed by atoms with van der Waals surface area (Å²) in [5.74, 6) is -1.51. The fourth-order valence-electron chi connectivity index (χ4n) is 2.15. The zero-order valence-corrected chi connectivity index (χ0v) is 13.6. The first kappa shape index (κ1) is 18.4. The molecular weight excluding hydrogens is 293 g/mol. The summed E-state index contributed by atoms with van der Waals surface area (Å²) >= 11 is 0. The van der Waals surface area contributed by atoms with Crippen LogP contribution >= 0.6 is 0 Å². The molecule has 1 rings (SSSR count). The molecule has 1 aliphatic rings. The number of hydrogen-bond donors (Lipinski definition) is 0. The molecular formula is C15H24FNO5. The van der Waals surface area contributed by atoms with Crippen LogP contribution in [0.5, 0.6) is 0 Å². The summed E-state index contributed by atoms with van der Waals surface area (Å²) < 4.78 is 24.5. The molecule has 0 radical (unpaired) electrons. The molecule has 0 bridgehead atoms. The van der Waals surface area contributed by atoms with Crippen LogP contribution in [0.15, 0.2) is 0 Å². The Labute approximate surface area is 129 Å². The number of Topliss-reactive ketones (excluding diaryl/α,β-unsaturated/α-hetero) is 1. The highest BCUT2D eigenvalue weighted by Crippen LogP contribution is 2.29. The number of amides is 1. The molecule has 0 spiro atoms. The van der Waals surface area contributed by atoms with Crippen molar-refractivity contribution in [3.63, 3.8) is 0 Å². The zero-order chi connectivity index (χ0) is 17.0. The molecule has 0 aromatic rings. The maximum absolute atomic E-state index is 14.6. The molecule has 0 saturated carbocycles. The van der Waals surface area contributed by atoms with Gasteiger partial charge in [0, 0.05) is 25.9 Å². The molecule has 0 N–H and O–H groups in total. The molecule has 0 aromatic heterocycles. The first-order valence-corrected chi connectivity index (χ1v) is 7.43. The number of carbonyl (C=O) groups is 3. The van der Waals surface area contributed by atoms with Gasteiger partial charge in [0.05, 0.1) is 6.61 Å². The number of piperidine rings is 1. The highest BCUT2D eigenvalue weighted by molar-refractivity contribution is 6.00. The van der Waals surface area contributed by atoms with E-state index in [0.717, 1.165) is 0 Å². The molecule has 22 heavy (non-hydrogen) atoms. The lowest BCUT2D eigenvalue weighted by Gasteiger charge is -2.36. The van der Waals surface area contributed by atoms with E-state index in [1.807, 2.05) is 0 Å². The van der Waals surface area contributed by atoms with Crippen molar-refractivity contribution >= 4 is 17.8 Å². The lowest BCUT2D eigenvalue weighted by Crippen LogP contribution is -2.49. The molecule has 6 nitrogen and oxygen atoms in total. The molecule has 1 saturated heterocycles. The predicted molar refractivity (Wildman–Crippen MR) is 77.1 cm³/mol. The monoisotopic (exact) mass is 317 g/mol. The van der Waals surface area contributed by atoms with Crippen LogP contribution in [0.2, 0.25) is 0 Å². The molecule has 0 aliphatic carbocycles. The lowest BCUT2D eigenvalue weighted by molar-refractivity contribution is -0.149. The summed E-state index contributed by atoms with van der Waals surface area (Å²) in [4.78, 5) is 36.4. The van der Waals surface area contributed by atoms with Gasteiger partial charge in [-0.15, -0.1) is 0 Å². The van der Waals surface area contributed by atoms with Crippen LogP contribution in [0.4, 0.5) is 9.18 Å². The number of likely N-dealkylation sites (tertiary alicyclic amines) is 1. The lowest BCUT2D eigenvalue weighted by atomic mass is 9.87. The largest absolute Gasteiger partial charge is 0.466 e. The molecule has 1 heterocycles. The Balaban J connectivity index is 2.54. The second-order valence-corrected chi connectivity index (χ2v) is 6.34. The van der Waals surface area contributed by atoms with Crippen LogP contribution in [0.25, 0.3) is 0 Å². The van der Waals surface area contributed by atoms with E-state index in [2.05, 4.69) is 4.74 Å². The standard InChI is InChI=1S/C15H24FNO5/c1-5-21-12(19)10-11(18)15(16)6-8-17(9-7-15)13(20)22-14(2,3)4/h5-10H2,1-4H3. The quantitative estimate of drug-likeness (QED) is 0.587. The molecule has 0 aromatic carbocycles. The van der Waals surface area contributed by atoms with Crippen molar-refractivity contribution in [1.29, 1.82) is 0 Å². The molecule has 0 atom stereocenters. The van der Waals surface area contributed by atoms with E-state index >= 15 is 0 Å². The van der Waals surface area contributed by atoms with E-state index in [4.69, 9.17) is 4.74 Å². The van der Waals surface area contributed by atoms with Gasteiger partial charge < -0.3 is 14.4 Å². The number of ketones is 1. The second kappa shape index (κ2) is 7.07. The number of alkyl halides is 1. The van der Waals surface area contributed by atoms with Gasteiger partial charge in [0.2, 0.25) is 0 Å². The highest BCUT2D eigenvalue weighted by atomic mass is 19.1. The normalized spacial score (nSPS) is 17.8. The first-order chi connectivity index (χ1) is 10.1. The van der Waals surface area contributed by atoms with E-state index in [1.54, 1.807) is 27.7 Å². The Hall–Kier alpha value is -1.66. The van der Waals surface area contributed by atoms with Crippen LogP contribution < -0.4 is 0 Å². The Morgan fingerprint density at radius 3 is 2.18 bits per heavy atom. The van der Waals surface area contributed by atoms with Crippen molar-refractivity contribution in [1.82, 2.24) is 4.90 Å². The third-order valence-corrected chi connectivity index (χ3v) is 3.32. The fourth-order valence-corrected chi connectivity index (χ4v) is 2.15. The summed E-state index contributed by atoms with van der Waals surface area (Å²) in [6.07, 6.45) is -1.36. The molecule has 7 heteroatoms. The number of carbonyl (C=O) groups excluding carboxylic acids is 3. The van der Waals surface area contributed by atoms with Crippen LogP contribution in [-0.2, 0) is 19.1 Å². The Morgan fingerprint density at radius 2 is 1.73 bits per heavy atom. The number of nitrogens with zero attached hydrogens (tertiary/aromatic N) is 1. The molecule has 1 fully saturated rings. The second-order valence-electron chi connectivity index (χ2n) is 6.34. The Kier molecular flexibility index (Phi) is 5.91. The van der Waals surface area contributed by atoms with Gasteiger partial charge in [-0.3, -0.25) is 9.59 Å². The minimum Gasteiger partial charge on any atom is -0.466 e. The topological polar surface area (TPSA) is 72.9 Å². The summed E-state index contributed by atoms with van der Waals surface area (Å²) in [6.45, 7) is 7.18. The minimum atomic E-state index is -2.08. The van der Waals surface area contributed by atoms with E-state index in [0.29, 0.717) is 0 Å². The average molecular weight is 317 g/mol. The Morgan fingerprint density at radius 1 is 1.18 bits per heavy atom. The maximum Gasteiger partial charge on any atom is 0.410 e. The van der Waals surface area contributed by atoms with Gasteiger partial charge in [0.25, 0.3) is 0 Å². The molecule has 1 aliphatic heterocycles. The predicted octanol–water partition coefficient (Wildman–Crippen LogP) is 2.25. The molecule has 1 amide bonds. The summed E-state index contributed by atoms with van der Waals surface area (Å²) in [6, 6.07) is 0. The third kappa shape index (κ3) is 5.27. The summed E-state index contributed by atoms with van der Waals surface area (Å²) in [7, 11) is 0. The van der Waals surface area contributed by atoms with E-state index in [1.165, 1.54) is 4.90 Å². The minimum absolute atomic E-state index is 0.0833. The van der Waals surface area contributed by atoms with Crippen LogP contribution in [0.1, 0.15) is 47.0 Å². The van der Waals surface area contributed by atoms with Crippen LogP contribution in [0, 0.1) is 0 Å². The van der Waals surface area contributed by atoms with Crippen molar-refractivity contribution < 1.29 is 28.2 Å². The van der Waals surface area contributed by atoms with Gasteiger partial charge in [-0.1, -0.05) is 0 Å². The fraction of sp³-hybridized carbons (Fsp3) is 0.800. The maximum atomic E-state index is 14.6. The van der Waals surface area contributed by atoms with Gasteiger partial charge in [-0.2, -0.15) is 0 Å². The van der Waals surface area contributed by atoms with E-state index < -0.39 is 35.5 Å². The Bertz CT molecular complexity index is 436. The van der Waals surface area contributed by atoms with Crippen molar-refractivity contribution in [2.75, 3.05) is 19.7 Å². The van der Waals surface area contributed by atoms with Crippen LogP contribution in [-0.4, -0.2) is 53.7 Å². The van der Waals surface area contributed by atoms with Crippen LogP contribution in [0.3, 0.4) is 0 Å². The van der Waals surface area contributed by atoms with Crippen molar-refractivity contribution in [3.05, 3.63) is 0 Å². The SMILES string of the molecule is CCOC(=O)CC(=O)C1(F)CCN(C(=O)OC(C)(C)C)CC1. The average Bonchev–Trinajstić information content (AvgIpc) is 2.37. The third-order valence-electron chi connectivity index (χ3n) is 3.32. The number of hydrogen-bond acceptors (Lipinski definition) is 5. The van der Waals surface area contributed by atoms with Gasteiger partial charge in [0.15, 0.2) is 11.5 Å². The van der Waals surface area contributed by atoms with E-state index in [-0.39, 0.29) is 32.5 Å². The van der Waals surface area contributed by atoms with Gasteiger partial charge >= 0.3 is 12.1 Å². The van der Waals surface area contributed by atoms with Crippen molar-refractivity contribution in [3.8, 4) is 0 Å². The highest BCUT2D eigenvalue weighted by Gasteiger charge is 2.43. The summed E-state index contributed by atoms with van der Waals surface area (Å²) in [5, 5.41) is 0. The number of esters is 1. The van der Waals surface area contributed by atoms with Gasteiger partial charge in [0.1, 0.15) is 12.0 Å². The number of rotatable bonds is 4.